The van der Waals surface area contributed by atoms with Crippen LogP contribution in [0, 0.1) is 0 Å². The van der Waals surface area contributed by atoms with E-state index in [1.165, 1.54) is 24.8 Å². The van der Waals surface area contributed by atoms with E-state index in [4.69, 9.17) is 0 Å². The van der Waals surface area contributed by atoms with Gasteiger partial charge in [-0.1, -0.05) is 31.9 Å². The Balaban J connectivity index is 1.62. The Bertz CT molecular complexity index is 720. The molecule has 0 fully saturated rings. The third-order valence-corrected chi connectivity index (χ3v) is 4.49. The van der Waals surface area contributed by atoms with Gasteiger partial charge in [0.2, 0.25) is 0 Å². The zero-order valence-corrected chi connectivity index (χ0v) is 14.1. The van der Waals surface area contributed by atoms with Crippen LogP contribution in [0.15, 0.2) is 54.2 Å². The molecule has 118 valence electrons. The Morgan fingerprint density at radius 1 is 1.09 bits per heavy atom. The molecule has 2 aromatic heterocycles. The van der Waals surface area contributed by atoms with Gasteiger partial charge in [0, 0.05) is 29.0 Å². The largest absolute Gasteiger partial charge is 0.332 e. The standard InChI is InChI=1S/C19H21N3S/c1-2-3-4-6-15-8-10-17(11-9-15)21-19-22-18(14-23-19)16-7-5-12-20-13-16/h5,7-14H,2-4,6H2,1H3,(H,21,22). The molecule has 0 aliphatic carbocycles. The van der Waals surface area contributed by atoms with Crippen molar-refractivity contribution in [3.05, 3.63) is 59.7 Å². The third kappa shape index (κ3) is 4.39. The number of rotatable bonds is 7. The van der Waals surface area contributed by atoms with Crippen LogP contribution in [0.5, 0.6) is 0 Å². The fourth-order valence-electron chi connectivity index (χ4n) is 2.44. The molecule has 1 aromatic carbocycles. The maximum absolute atomic E-state index is 4.63. The lowest BCUT2D eigenvalue weighted by atomic mass is 10.1. The zero-order chi connectivity index (χ0) is 15.9. The zero-order valence-electron chi connectivity index (χ0n) is 13.3. The predicted octanol–water partition coefficient (Wildman–Crippen LogP) is 5.68. The van der Waals surface area contributed by atoms with Gasteiger partial charge in [-0.25, -0.2) is 4.98 Å². The fourth-order valence-corrected chi connectivity index (χ4v) is 3.18. The monoisotopic (exact) mass is 323 g/mol. The number of aromatic nitrogens is 2. The van der Waals surface area contributed by atoms with Crippen molar-refractivity contribution in [1.29, 1.82) is 0 Å². The highest BCUT2D eigenvalue weighted by Gasteiger charge is 2.05. The number of aryl methyl sites for hydroxylation is 1. The molecule has 3 nitrogen and oxygen atoms in total. The minimum absolute atomic E-state index is 0.905. The van der Waals surface area contributed by atoms with E-state index in [0.717, 1.165) is 28.5 Å². The third-order valence-electron chi connectivity index (χ3n) is 3.74. The minimum atomic E-state index is 0.905. The van der Waals surface area contributed by atoms with Crippen molar-refractivity contribution < 1.29 is 0 Å². The van der Waals surface area contributed by atoms with Crippen LogP contribution >= 0.6 is 11.3 Å². The molecule has 3 rings (SSSR count). The second kappa shape index (κ2) is 7.88. The smallest absolute Gasteiger partial charge is 0.187 e. The van der Waals surface area contributed by atoms with Gasteiger partial charge in [-0.15, -0.1) is 11.3 Å². The number of nitrogens with one attached hydrogen (secondary N) is 1. The molecule has 4 heteroatoms. The number of benzene rings is 1. The summed E-state index contributed by atoms with van der Waals surface area (Å²) >= 11 is 1.61. The van der Waals surface area contributed by atoms with Crippen molar-refractivity contribution in [2.24, 2.45) is 0 Å². The molecule has 0 aliphatic rings. The van der Waals surface area contributed by atoms with Gasteiger partial charge < -0.3 is 5.32 Å². The maximum Gasteiger partial charge on any atom is 0.187 e. The SMILES string of the molecule is CCCCCc1ccc(Nc2nc(-c3cccnc3)cs2)cc1. The lowest BCUT2D eigenvalue weighted by Gasteiger charge is -2.05. The molecule has 0 bridgehead atoms. The van der Waals surface area contributed by atoms with E-state index < -0.39 is 0 Å². The van der Waals surface area contributed by atoms with Gasteiger partial charge in [-0.3, -0.25) is 4.98 Å². The second-order valence-corrected chi connectivity index (χ2v) is 6.42. The summed E-state index contributed by atoms with van der Waals surface area (Å²) in [5.41, 5.74) is 4.49. The van der Waals surface area contributed by atoms with E-state index in [2.05, 4.69) is 51.9 Å². The highest BCUT2D eigenvalue weighted by Crippen LogP contribution is 2.26. The van der Waals surface area contributed by atoms with E-state index >= 15 is 0 Å². The molecule has 0 spiro atoms. The quantitative estimate of drug-likeness (QED) is 0.568. The summed E-state index contributed by atoms with van der Waals surface area (Å²) in [7, 11) is 0. The highest BCUT2D eigenvalue weighted by atomic mass is 32.1. The maximum atomic E-state index is 4.63. The molecule has 0 saturated carbocycles. The van der Waals surface area contributed by atoms with Crippen LogP contribution in [0.4, 0.5) is 10.8 Å². The summed E-state index contributed by atoms with van der Waals surface area (Å²) in [5, 5.41) is 6.33. The van der Waals surface area contributed by atoms with Gasteiger partial charge >= 0.3 is 0 Å². The first-order chi connectivity index (χ1) is 11.3. The van der Waals surface area contributed by atoms with E-state index in [-0.39, 0.29) is 0 Å². The highest BCUT2D eigenvalue weighted by molar-refractivity contribution is 7.14. The van der Waals surface area contributed by atoms with Crippen molar-refractivity contribution in [3.63, 3.8) is 0 Å². The summed E-state index contributed by atoms with van der Waals surface area (Å²) in [6, 6.07) is 12.6. The number of hydrogen-bond acceptors (Lipinski definition) is 4. The summed E-state index contributed by atoms with van der Waals surface area (Å²) in [4.78, 5) is 8.77. The summed E-state index contributed by atoms with van der Waals surface area (Å²) in [5.74, 6) is 0. The molecule has 23 heavy (non-hydrogen) atoms. The molecule has 0 amide bonds. The first kappa shape index (κ1) is 15.7. The Hall–Kier alpha value is -2.20. The van der Waals surface area contributed by atoms with Gasteiger partial charge in [0.15, 0.2) is 5.13 Å². The molecule has 0 saturated heterocycles. The van der Waals surface area contributed by atoms with Crippen LogP contribution in [-0.2, 0) is 6.42 Å². The Labute approximate surface area is 141 Å². The molecule has 0 unspecified atom stereocenters. The van der Waals surface area contributed by atoms with Crippen molar-refractivity contribution in [2.75, 3.05) is 5.32 Å². The molecular weight excluding hydrogens is 302 g/mol. The van der Waals surface area contributed by atoms with Crippen molar-refractivity contribution in [3.8, 4) is 11.3 Å². The number of unbranched alkanes of at least 4 members (excludes halogenated alkanes) is 2. The van der Waals surface area contributed by atoms with Gasteiger partial charge in [0.05, 0.1) is 5.69 Å². The first-order valence-electron chi connectivity index (χ1n) is 8.07. The Kier molecular flexibility index (Phi) is 5.37. The number of thiazole rings is 1. The predicted molar refractivity (Wildman–Crippen MR) is 98.3 cm³/mol. The van der Waals surface area contributed by atoms with Crippen molar-refractivity contribution in [1.82, 2.24) is 9.97 Å². The summed E-state index contributed by atoms with van der Waals surface area (Å²) in [6.45, 7) is 2.24. The van der Waals surface area contributed by atoms with Crippen molar-refractivity contribution >= 4 is 22.2 Å². The molecule has 0 aliphatic heterocycles. The van der Waals surface area contributed by atoms with Crippen LogP contribution in [0.3, 0.4) is 0 Å². The number of hydrogen-bond donors (Lipinski definition) is 1. The molecule has 0 atom stereocenters. The van der Waals surface area contributed by atoms with E-state index in [1.807, 2.05) is 18.3 Å². The molecule has 0 radical (unpaired) electrons. The normalized spacial score (nSPS) is 10.7. The first-order valence-corrected chi connectivity index (χ1v) is 8.95. The average molecular weight is 323 g/mol. The number of anilines is 2. The number of nitrogens with zero attached hydrogens (tertiary/aromatic N) is 2. The van der Waals surface area contributed by atoms with Crippen molar-refractivity contribution in [2.45, 2.75) is 32.6 Å². The van der Waals surface area contributed by atoms with Gasteiger partial charge in [0.1, 0.15) is 0 Å². The summed E-state index contributed by atoms with van der Waals surface area (Å²) < 4.78 is 0. The van der Waals surface area contributed by atoms with Crippen LogP contribution in [0.1, 0.15) is 31.7 Å². The fraction of sp³-hybridized carbons (Fsp3) is 0.263. The van der Waals surface area contributed by atoms with E-state index in [9.17, 15) is 0 Å². The molecular formula is C19H21N3S. The lowest BCUT2D eigenvalue weighted by Crippen LogP contribution is -1.91. The van der Waals surface area contributed by atoms with E-state index in [1.54, 1.807) is 17.5 Å². The molecule has 3 aromatic rings. The number of pyridine rings is 1. The Morgan fingerprint density at radius 3 is 2.70 bits per heavy atom. The van der Waals surface area contributed by atoms with Gasteiger partial charge in [-0.2, -0.15) is 0 Å². The lowest BCUT2D eigenvalue weighted by molar-refractivity contribution is 0.717. The van der Waals surface area contributed by atoms with Gasteiger partial charge in [-0.05, 0) is 42.7 Å². The van der Waals surface area contributed by atoms with Crippen LogP contribution in [0.2, 0.25) is 0 Å². The summed E-state index contributed by atoms with van der Waals surface area (Å²) in [6.07, 6.45) is 8.61. The van der Waals surface area contributed by atoms with Crippen LogP contribution in [0.25, 0.3) is 11.3 Å². The second-order valence-electron chi connectivity index (χ2n) is 5.56. The van der Waals surface area contributed by atoms with E-state index in [0.29, 0.717) is 0 Å². The Morgan fingerprint density at radius 2 is 1.96 bits per heavy atom. The van der Waals surface area contributed by atoms with Crippen LogP contribution < -0.4 is 5.32 Å². The topological polar surface area (TPSA) is 37.8 Å². The average Bonchev–Trinajstić information content (AvgIpc) is 3.06. The van der Waals surface area contributed by atoms with Crippen LogP contribution in [-0.4, -0.2) is 9.97 Å². The van der Waals surface area contributed by atoms with Gasteiger partial charge in [0.25, 0.3) is 0 Å². The molecule has 1 N–H and O–H groups in total. The minimum Gasteiger partial charge on any atom is -0.332 e. The molecule has 2 heterocycles.